The molecule has 2 aromatic rings. The highest BCUT2D eigenvalue weighted by molar-refractivity contribution is 7.71. The van der Waals surface area contributed by atoms with Crippen molar-refractivity contribution < 1.29 is 9.59 Å². The zero-order chi connectivity index (χ0) is 18.3. The second kappa shape index (κ2) is 9.10. The number of unbranched alkanes of at least 4 members (excludes halogenated alkanes) is 1. The van der Waals surface area contributed by atoms with Crippen LogP contribution in [-0.4, -0.2) is 57.9 Å². The van der Waals surface area contributed by atoms with Crippen LogP contribution in [0.4, 0.5) is 0 Å². The number of H-pyrrole nitrogens is 1. The van der Waals surface area contributed by atoms with Crippen LogP contribution in [0.3, 0.4) is 0 Å². The number of aryl methyl sites for hydroxylation is 1. The number of nitrogens with one attached hydrogen (secondary N) is 1. The molecule has 0 fully saturated rings. The average molecular weight is 356 g/mol. The van der Waals surface area contributed by atoms with E-state index in [-0.39, 0.29) is 12.3 Å². The van der Waals surface area contributed by atoms with Crippen LogP contribution in [0.1, 0.15) is 26.7 Å². The molecule has 0 atom stereocenters. The molecule has 7 nitrogen and oxygen atoms in total. The third kappa shape index (κ3) is 5.25. The Morgan fingerprint density at radius 3 is 2.42 bits per heavy atom. The SMILES string of the molecule is CCCCn1c(=O)n(CC)c(=S)c2[nH]cnc21.C[N+](C)(C)CC[O-]. The van der Waals surface area contributed by atoms with Crippen molar-refractivity contribution in [1.29, 1.82) is 0 Å². The van der Waals surface area contributed by atoms with Crippen molar-refractivity contribution in [2.75, 3.05) is 34.3 Å². The highest BCUT2D eigenvalue weighted by Crippen LogP contribution is 2.09. The summed E-state index contributed by atoms with van der Waals surface area (Å²) in [5.41, 5.74) is 1.38. The molecule has 136 valence electrons. The van der Waals surface area contributed by atoms with Gasteiger partial charge in [0.15, 0.2) is 5.65 Å². The zero-order valence-corrected chi connectivity index (χ0v) is 16.2. The van der Waals surface area contributed by atoms with E-state index in [2.05, 4.69) is 16.9 Å². The number of imidazole rings is 1. The Hall–Kier alpha value is -1.51. The van der Waals surface area contributed by atoms with Crippen LogP contribution in [0, 0.1) is 4.64 Å². The summed E-state index contributed by atoms with van der Waals surface area (Å²) in [6, 6.07) is 0. The van der Waals surface area contributed by atoms with Gasteiger partial charge in [-0.05, 0) is 13.3 Å². The van der Waals surface area contributed by atoms with Crippen LogP contribution >= 0.6 is 12.2 Å². The van der Waals surface area contributed by atoms with E-state index >= 15 is 0 Å². The molecule has 0 unspecified atom stereocenters. The number of fused-ring (bicyclic) bond motifs is 1. The van der Waals surface area contributed by atoms with Crippen LogP contribution < -0.4 is 10.8 Å². The van der Waals surface area contributed by atoms with Crippen molar-refractivity contribution in [3.05, 3.63) is 21.5 Å². The Morgan fingerprint density at radius 2 is 1.96 bits per heavy atom. The molecule has 0 saturated heterocycles. The first-order valence-electron chi connectivity index (χ1n) is 8.32. The fraction of sp³-hybridized carbons (Fsp3) is 0.688. The minimum absolute atomic E-state index is 0.0312. The molecular formula is C16H29N5O2S. The summed E-state index contributed by atoms with van der Waals surface area (Å²) in [7, 11) is 6.04. The first-order chi connectivity index (χ1) is 11.3. The Labute approximate surface area is 148 Å². The molecule has 2 aromatic heterocycles. The van der Waals surface area contributed by atoms with Gasteiger partial charge in [0.05, 0.1) is 34.0 Å². The van der Waals surface area contributed by atoms with Crippen molar-refractivity contribution >= 4 is 23.4 Å². The van der Waals surface area contributed by atoms with E-state index in [4.69, 9.17) is 12.2 Å². The molecule has 8 heteroatoms. The van der Waals surface area contributed by atoms with Crippen LogP contribution in [-0.2, 0) is 13.1 Å². The van der Waals surface area contributed by atoms with Crippen molar-refractivity contribution in [2.45, 2.75) is 39.8 Å². The summed E-state index contributed by atoms with van der Waals surface area (Å²) < 4.78 is 4.63. The zero-order valence-electron chi connectivity index (χ0n) is 15.3. The van der Waals surface area contributed by atoms with Crippen LogP contribution in [0.5, 0.6) is 0 Å². The summed E-state index contributed by atoms with van der Waals surface area (Å²) >= 11 is 5.28. The molecule has 0 radical (unpaired) electrons. The van der Waals surface area contributed by atoms with Gasteiger partial charge in [-0.1, -0.05) is 32.2 Å². The maximum Gasteiger partial charge on any atom is 0.330 e. The Kier molecular flexibility index (Phi) is 7.78. The van der Waals surface area contributed by atoms with Gasteiger partial charge in [-0.2, -0.15) is 0 Å². The topological polar surface area (TPSA) is 78.7 Å². The van der Waals surface area contributed by atoms with Crippen LogP contribution in [0.15, 0.2) is 11.1 Å². The summed E-state index contributed by atoms with van der Waals surface area (Å²) in [5, 5.41) is 9.93. The lowest BCUT2D eigenvalue weighted by Crippen LogP contribution is -2.39. The number of nitrogens with zero attached hydrogens (tertiary/aromatic N) is 4. The van der Waals surface area contributed by atoms with Gasteiger partial charge >= 0.3 is 5.69 Å². The second-order valence-corrected chi connectivity index (χ2v) is 7.04. The van der Waals surface area contributed by atoms with E-state index in [0.29, 0.717) is 23.4 Å². The van der Waals surface area contributed by atoms with Crippen molar-refractivity contribution in [3.8, 4) is 0 Å². The third-order valence-electron chi connectivity index (χ3n) is 3.61. The minimum atomic E-state index is -0.0643. The molecule has 0 aliphatic rings. The average Bonchev–Trinajstić information content (AvgIpc) is 2.97. The van der Waals surface area contributed by atoms with Gasteiger partial charge in [-0.3, -0.25) is 9.13 Å². The number of likely N-dealkylation sites (N-methyl/N-ethyl adjacent to an activating group) is 1. The Balaban J connectivity index is 0.000000351. The van der Waals surface area contributed by atoms with Gasteiger partial charge in [0.25, 0.3) is 0 Å². The van der Waals surface area contributed by atoms with Gasteiger partial charge in [0.2, 0.25) is 0 Å². The van der Waals surface area contributed by atoms with Gasteiger partial charge < -0.3 is 14.6 Å². The highest BCUT2D eigenvalue weighted by atomic mass is 32.1. The van der Waals surface area contributed by atoms with Crippen molar-refractivity contribution in [3.63, 3.8) is 0 Å². The van der Waals surface area contributed by atoms with Gasteiger partial charge in [-0.15, -0.1) is 0 Å². The molecule has 0 amide bonds. The molecule has 0 spiro atoms. The van der Waals surface area contributed by atoms with Gasteiger partial charge in [-0.25, -0.2) is 9.78 Å². The molecule has 1 N–H and O–H groups in total. The third-order valence-corrected chi connectivity index (χ3v) is 4.03. The number of quaternary nitrogens is 1. The van der Waals surface area contributed by atoms with E-state index in [1.807, 2.05) is 28.1 Å². The molecule has 2 rings (SSSR count). The normalized spacial score (nSPS) is 11.4. The fourth-order valence-corrected chi connectivity index (χ4v) is 2.54. The summed E-state index contributed by atoms with van der Waals surface area (Å²) in [6.07, 6.45) is 3.59. The monoisotopic (exact) mass is 355 g/mol. The summed E-state index contributed by atoms with van der Waals surface area (Å²) in [5.74, 6) is 0. The van der Waals surface area contributed by atoms with E-state index in [9.17, 15) is 9.90 Å². The maximum atomic E-state index is 12.2. The van der Waals surface area contributed by atoms with E-state index in [1.54, 1.807) is 15.5 Å². The summed E-state index contributed by atoms with van der Waals surface area (Å²) in [6.45, 7) is 6.04. The van der Waals surface area contributed by atoms with Crippen molar-refractivity contribution in [2.24, 2.45) is 0 Å². The van der Waals surface area contributed by atoms with E-state index in [0.717, 1.165) is 29.4 Å². The lowest BCUT2D eigenvalue weighted by molar-refractivity contribution is -0.875. The molecule has 0 saturated carbocycles. The smallest absolute Gasteiger partial charge is 0.330 e. The van der Waals surface area contributed by atoms with Crippen LogP contribution in [0.25, 0.3) is 11.2 Å². The number of hydrogen-bond acceptors (Lipinski definition) is 4. The molecule has 0 aliphatic heterocycles. The van der Waals surface area contributed by atoms with Gasteiger partial charge in [0, 0.05) is 13.1 Å². The van der Waals surface area contributed by atoms with E-state index < -0.39 is 0 Å². The minimum Gasteiger partial charge on any atom is -0.850 e. The quantitative estimate of drug-likeness (QED) is 0.622. The van der Waals surface area contributed by atoms with Gasteiger partial charge in [0.1, 0.15) is 10.2 Å². The maximum absolute atomic E-state index is 12.2. The number of aromatic amines is 1. The molecule has 0 aromatic carbocycles. The first-order valence-corrected chi connectivity index (χ1v) is 8.72. The standard InChI is InChI=1S/C11H16N4OS.C5H13NO/c1-3-5-6-15-9-8(12-7-13-9)10(17)14(4-2)11(15)16;1-6(2,3)4-5-7/h7H,3-6H2,1-2H3,(H,12,13);4-5H2,1-3H3. The molecule has 0 aliphatic carbocycles. The highest BCUT2D eigenvalue weighted by Gasteiger charge is 2.11. The lowest BCUT2D eigenvalue weighted by atomic mass is 10.3. The largest absolute Gasteiger partial charge is 0.850 e. The predicted octanol–water partition coefficient (Wildman–Crippen LogP) is 1.13. The molecule has 0 bridgehead atoms. The summed E-state index contributed by atoms with van der Waals surface area (Å²) in [4.78, 5) is 19.5. The second-order valence-electron chi connectivity index (χ2n) is 6.66. The number of rotatable bonds is 6. The lowest BCUT2D eigenvalue weighted by Gasteiger charge is -2.25. The number of aromatic nitrogens is 4. The predicted molar refractivity (Wildman–Crippen MR) is 97.5 cm³/mol. The molecule has 2 heterocycles. The fourth-order valence-electron chi connectivity index (χ4n) is 2.18. The first kappa shape index (κ1) is 20.5. The van der Waals surface area contributed by atoms with Crippen LogP contribution in [0.2, 0.25) is 0 Å². The molecular weight excluding hydrogens is 326 g/mol. The Bertz CT molecular complexity index is 754. The molecule has 24 heavy (non-hydrogen) atoms. The van der Waals surface area contributed by atoms with E-state index in [1.165, 1.54) is 0 Å². The Morgan fingerprint density at radius 1 is 1.29 bits per heavy atom. The van der Waals surface area contributed by atoms with Crippen molar-refractivity contribution in [1.82, 2.24) is 19.1 Å². The number of hydrogen-bond donors (Lipinski definition) is 1.